The molecule has 0 spiro atoms. The fourth-order valence-electron chi connectivity index (χ4n) is 3.63. The molecular formula is C17H22N6O. The van der Waals surface area contributed by atoms with Crippen molar-refractivity contribution in [3.8, 4) is 0 Å². The average Bonchev–Trinajstić information content (AvgIpc) is 3.23. The Morgan fingerprint density at radius 1 is 1.17 bits per heavy atom. The number of hydrogen-bond acceptors (Lipinski definition) is 5. The minimum atomic E-state index is 0.0664. The zero-order chi connectivity index (χ0) is 16.4. The lowest BCUT2D eigenvalue weighted by molar-refractivity contribution is -0.122. The number of aromatic nitrogens is 4. The molecule has 4 rings (SSSR count). The van der Waals surface area contributed by atoms with Crippen molar-refractivity contribution in [2.75, 3.05) is 0 Å². The Hall–Kier alpha value is -2.28. The van der Waals surface area contributed by atoms with Crippen LogP contribution in [0.3, 0.4) is 0 Å². The molecule has 126 valence electrons. The molecule has 1 fully saturated rings. The van der Waals surface area contributed by atoms with Gasteiger partial charge < -0.3 is 10.6 Å². The number of fused-ring (bicyclic) bond motifs is 1. The van der Waals surface area contributed by atoms with Crippen molar-refractivity contribution in [3.05, 3.63) is 41.7 Å². The number of amides is 1. The van der Waals surface area contributed by atoms with Crippen molar-refractivity contribution in [3.63, 3.8) is 0 Å². The molecule has 1 amide bonds. The van der Waals surface area contributed by atoms with Crippen LogP contribution in [-0.2, 0) is 24.2 Å². The topological polar surface area (TPSA) is 84.7 Å². The third-order valence-electron chi connectivity index (χ3n) is 5.08. The van der Waals surface area contributed by atoms with Gasteiger partial charge in [-0.2, -0.15) is 0 Å². The van der Waals surface area contributed by atoms with Crippen LogP contribution in [0.2, 0.25) is 0 Å². The van der Waals surface area contributed by atoms with Crippen LogP contribution in [0.25, 0.3) is 0 Å². The van der Waals surface area contributed by atoms with Crippen molar-refractivity contribution >= 4 is 5.91 Å². The molecule has 0 radical (unpaired) electrons. The van der Waals surface area contributed by atoms with Crippen molar-refractivity contribution < 1.29 is 4.79 Å². The van der Waals surface area contributed by atoms with Crippen LogP contribution in [0.4, 0.5) is 0 Å². The number of hydrogen-bond donors (Lipinski definition) is 2. The SMILES string of the molecule is O=C(CCn1cnnn1)N[C@H]1CC[C@H]1NC1Cc2ccccc2C1. The van der Waals surface area contributed by atoms with Crippen molar-refractivity contribution in [2.24, 2.45) is 0 Å². The number of carbonyl (C=O) groups excluding carboxylic acids is 1. The van der Waals surface area contributed by atoms with E-state index in [4.69, 9.17) is 0 Å². The van der Waals surface area contributed by atoms with E-state index < -0.39 is 0 Å². The van der Waals surface area contributed by atoms with E-state index in [-0.39, 0.29) is 11.9 Å². The highest BCUT2D eigenvalue weighted by molar-refractivity contribution is 5.76. The quantitative estimate of drug-likeness (QED) is 0.806. The molecule has 0 aliphatic heterocycles. The van der Waals surface area contributed by atoms with E-state index in [1.54, 1.807) is 4.68 Å². The lowest BCUT2D eigenvalue weighted by atomic mass is 9.85. The summed E-state index contributed by atoms with van der Waals surface area (Å²) in [7, 11) is 0. The molecule has 2 aliphatic rings. The van der Waals surface area contributed by atoms with Crippen LogP contribution >= 0.6 is 0 Å². The Kier molecular flexibility index (Phi) is 4.25. The highest BCUT2D eigenvalue weighted by Gasteiger charge is 2.34. The van der Waals surface area contributed by atoms with Gasteiger partial charge in [0.05, 0.1) is 6.54 Å². The first-order valence-corrected chi connectivity index (χ1v) is 8.61. The maximum atomic E-state index is 12.1. The van der Waals surface area contributed by atoms with E-state index >= 15 is 0 Å². The maximum absolute atomic E-state index is 12.1. The summed E-state index contributed by atoms with van der Waals surface area (Å²) in [6.45, 7) is 0.515. The molecule has 0 unspecified atom stereocenters. The summed E-state index contributed by atoms with van der Waals surface area (Å²) < 4.78 is 1.58. The van der Waals surface area contributed by atoms with E-state index in [0.29, 0.717) is 25.0 Å². The second-order valence-corrected chi connectivity index (χ2v) is 6.72. The molecule has 1 aromatic heterocycles. The van der Waals surface area contributed by atoms with E-state index in [1.807, 2.05) is 0 Å². The highest BCUT2D eigenvalue weighted by atomic mass is 16.1. The molecule has 7 heteroatoms. The number of rotatable bonds is 6. The van der Waals surface area contributed by atoms with Crippen molar-refractivity contribution in [1.29, 1.82) is 0 Å². The van der Waals surface area contributed by atoms with E-state index in [0.717, 1.165) is 25.7 Å². The lowest BCUT2D eigenvalue weighted by Crippen LogP contribution is -2.59. The normalized spacial score (nSPS) is 22.8. The van der Waals surface area contributed by atoms with Crippen LogP contribution in [0.15, 0.2) is 30.6 Å². The summed E-state index contributed by atoms with van der Waals surface area (Å²) in [6, 6.07) is 9.78. The van der Waals surface area contributed by atoms with Crippen LogP contribution in [0.5, 0.6) is 0 Å². The van der Waals surface area contributed by atoms with Crippen LogP contribution in [0.1, 0.15) is 30.4 Å². The fourth-order valence-corrected chi connectivity index (χ4v) is 3.63. The summed E-state index contributed by atoms with van der Waals surface area (Å²) in [5, 5.41) is 17.8. The molecule has 2 atom stereocenters. The molecule has 2 N–H and O–H groups in total. The summed E-state index contributed by atoms with van der Waals surface area (Å²) >= 11 is 0. The minimum Gasteiger partial charge on any atom is -0.352 e. The molecule has 7 nitrogen and oxygen atoms in total. The summed E-state index contributed by atoms with van der Waals surface area (Å²) in [6.07, 6.45) is 6.29. The number of benzene rings is 1. The van der Waals surface area contributed by atoms with Gasteiger partial charge in [-0.1, -0.05) is 24.3 Å². The molecule has 24 heavy (non-hydrogen) atoms. The molecule has 2 aliphatic carbocycles. The second-order valence-electron chi connectivity index (χ2n) is 6.72. The van der Waals surface area contributed by atoms with Gasteiger partial charge in [-0.15, -0.1) is 5.10 Å². The molecule has 1 saturated carbocycles. The summed E-state index contributed by atoms with van der Waals surface area (Å²) in [5.41, 5.74) is 2.91. The Morgan fingerprint density at radius 2 is 1.92 bits per heavy atom. The van der Waals surface area contributed by atoms with Crippen LogP contribution < -0.4 is 10.6 Å². The summed E-state index contributed by atoms with van der Waals surface area (Å²) in [5.74, 6) is 0.0664. The molecule has 0 bridgehead atoms. The average molecular weight is 326 g/mol. The Labute approximate surface area is 140 Å². The lowest BCUT2D eigenvalue weighted by Gasteiger charge is -2.39. The number of nitrogens with zero attached hydrogens (tertiary/aromatic N) is 4. The third kappa shape index (κ3) is 3.31. The number of carbonyl (C=O) groups is 1. The Morgan fingerprint density at radius 3 is 2.54 bits per heavy atom. The van der Waals surface area contributed by atoms with Crippen LogP contribution in [0, 0.1) is 0 Å². The Bertz CT molecular complexity index is 676. The van der Waals surface area contributed by atoms with Gasteiger partial charge in [-0.3, -0.25) is 4.79 Å². The maximum Gasteiger partial charge on any atom is 0.222 e. The van der Waals surface area contributed by atoms with Gasteiger partial charge in [-0.25, -0.2) is 4.68 Å². The smallest absolute Gasteiger partial charge is 0.222 e. The van der Waals surface area contributed by atoms with E-state index in [9.17, 15) is 4.79 Å². The first kappa shape index (κ1) is 15.3. The summed E-state index contributed by atoms with van der Waals surface area (Å²) in [4.78, 5) is 12.1. The highest BCUT2D eigenvalue weighted by Crippen LogP contribution is 2.26. The van der Waals surface area contributed by atoms with Crippen molar-refractivity contribution in [1.82, 2.24) is 30.8 Å². The van der Waals surface area contributed by atoms with Gasteiger partial charge in [0.15, 0.2) is 0 Å². The first-order chi connectivity index (χ1) is 11.8. The predicted octanol–water partition coefficient (Wildman–Crippen LogP) is 0.467. The monoisotopic (exact) mass is 326 g/mol. The molecule has 2 aromatic rings. The zero-order valence-corrected chi connectivity index (χ0v) is 13.6. The fraction of sp³-hybridized carbons (Fsp3) is 0.529. The standard InChI is InChI=1S/C17H22N6O/c24-17(7-8-23-11-18-21-22-23)20-16-6-5-15(16)19-14-9-12-3-1-2-4-13(12)10-14/h1-4,11,14-16,19H,5-10H2,(H,20,24)/t15-,16+/m1/s1. The molecule has 0 saturated heterocycles. The molecule has 1 aromatic carbocycles. The van der Waals surface area contributed by atoms with Gasteiger partial charge in [0.2, 0.25) is 5.91 Å². The predicted molar refractivity (Wildman–Crippen MR) is 88.2 cm³/mol. The zero-order valence-electron chi connectivity index (χ0n) is 13.6. The Balaban J connectivity index is 1.23. The number of nitrogens with one attached hydrogen (secondary N) is 2. The van der Waals surface area contributed by atoms with E-state index in [2.05, 4.69) is 50.4 Å². The van der Waals surface area contributed by atoms with Crippen molar-refractivity contribution in [2.45, 2.75) is 56.8 Å². The number of aryl methyl sites for hydroxylation is 1. The number of tetrazole rings is 1. The molecule has 1 heterocycles. The van der Waals surface area contributed by atoms with Gasteiger partial charge >= 0.3 is 0 Å². The van der Waals surface area contributed by atoms with Gasteiger partial charge in [0, 0.05) is 24.5 Å². The minimum absolute atomic E-state index is 0.0664. The second kappa shape index (κ2) is 6.68. The molecular weight excluding hydrogens is 304 g/mol. The largest absolute Gasteiger partial charge is 0.352 e. The first-order valence-electron chi connectivity index (χ1n) is 8.61. The van der Waals surface area contributed by atoms with Gasteiger partial charge in [0.25, 0.3) is 0 Å². The van der Waals surface area contributed by atoms with Gasteiger partial charge in [-0.05, 0) is 47.2 Å². The van der Waals surface area contributed by atoms with Gasteiger partial charge in [0.1, 0.15) is 6.33 Å². The van der Waals surface area contributed by atoms with Crippen LogP contribution in [-0.4, -0.2) is 44.2 Å². The third-order valence-corrected chi connectivity index (χ3v) is 5.08. The van der Waals surface area contributed by atoms with E-state index in [1.165, 1.54) is 17.5 Å².